The summed E-state index contributed by atoms with van der Waals surface area (Å²) in [6, 6.07) is 0.0963. The van der Waals surface area contributed by atoms with Crippen LogP contribution >= 0.6 is 0 Å². The Morgan fingerprint density at radius 2 is 1.79 bits per heavy atom. The Bertz CT molecular complexity index is 168. The Morgan fingerprint density at radius 3 is 2.14 bits per heavy atom. The largest absolute Gasteiger partial charge is 0.298 e. The summed E-state index contributed by atoms with van der Waals surface area (Å²) in [5.74, 6) is 1.04. The van der Waals surface area contributed by atoms with E-state index in [2.05, 4.69) is 25.7 Å². The van der Waals surface area contributed by atoms with Crippen molar-refractivity contribution in [1.29, 1.82) is 0 Å². The molecular weight excluding hydrogens is 174 g/mol. The summed E-state index contributed by atoms with van der Waals surface area (Å²) in [4.78, 5) is 13.8. The predicted octanol–water partition coefficient (Wildman–Crippen LogP) is 2.72. The zero-order chi connectivity index (χ0) is 11.1. The first-order valence-corrected chi connectivity index (χ1v) is 5.83. The highest BCUT2D eigenvalue weighted by Crippen LogP contribution is 2.09. The molecule has 0 bridgehead atoms. The average molecular weight is 199 g/mol. The molecule has 0 N–H and O–H groups in total. The van der Waals surface area contributed by atoms with E-state index in [1.54, 1.807) is 0 Å². The van der Waals surface area contributed by atoms with E-state index in [0.29, 0.717) is 18.1 Å². The lowest BCUT2D eigenvalue weighted by molar-refractivity contribution is -0.123. The van der Waals surface area contributed by atoms with Gasteiger partial charge in [-0.25, -0.2) is 0 Å². The van der Waals surface area contributed by atoms with Crippen molar-refractivity contribution in [3.05, 3.63) is 0 Å². The van der Waals surface area contributed by atoms with Crippen molar-refractivity contribution in [3.63, 3.8) is 0 Å². The van der Waals surface area contributed by atoms with E-state index < -0.39 is 0 Å². The Hall–Kier alpha value is -0.370. The zero-order valence-electron chi connectivity index (χ0n) is 10.3. The smallest absolute Gasteiger partial charge is 0.149 e. The Labute approximate surface area is 88.7 Å². The van der Waals surface area contributed by atoms with E-state index in [4.69, 9.17) is 0 Å². The van der Waals surface area contributed by atoms with Crippen LogP contribution in [0.3, 0.4) is 0 Å². The molecule has 84 valence electrons. The first-order valence-electron chi connectivity index (χ1n) is 5.83. The number of likely N-dealkylation sites (N-methyl/N-ethyl adjacent to an activating group) is 1. The van der Waals surface area contributed by atoms with Crippen LogP contribution in [-0.4, -0.2) is 29.8 Å². The number of nitrogens with zero attached hydrogens (tertiary/aromatic N) is 1. The molecule has 0 fully saturated rings. The van der Waals surface area contributed by atoms with Crippen LogP contribution in [0.25, 0.3) is 0 Å². The van der Waals surface area contributed by atoms with Crippen LogP contribution in [0.5, 0.6) is 0 Å². The first kappa shape index (κ1) is 13.6. The van der Waals surface area contributed by atoms with E-state index in [0.717, 1.165) is 13.1 Å². The van der Waals surface area contributed by atoms with Gasteiger partial charge < -0.3 is 0 Å². The Kier molecular flexibility index (Phi) is 6.81. The molecule has 2 unspecified atom stereocenters. The minimum absolute atomic E-state index is 0.0963. The fraction of sp³-hybridized carbons (Fsp3) is 0.917. The highest BCUT2D eigenvalue weighted by atomic mass is 16.1. The van der Waals surface area contributed by atoms with Gasteiger partial charge in [0, 0.05) is 13.0 Å². The molecule has 0 rings (SSSR count). The van der Waals surface area contributed by atoms with Gasteiger partial charge in [-0.05, 0) is 19.4 Å². The maximum absolute atomic E-state index is 11.5. The van der Waals surface area contributed by atoms with E-state index in [1.165, 1.54) is 6.42 Å². The Morgan fingerprint density at radius 1 is 1.21 bits per heavy atom. The highest BCUT2D eigenvalue weighted by molar-refractivity contribution is 5.83. The van der Waals surface area contributed by atoms with Gasteiger partial charge in [0.1, 0.15) is 5.78 Å². The molecule has 0 aliphatic rings. The molecule has 0 saturated heterocycles. The normalized spacial score (nSPS) is 15.6. The van der Waals surface area contributed by atoms with Crippen LogP contribution < -0.4 is 0 Å². The standard InChI is InChI=1S/C12H25NO/c1-6-10(4)9-13(8-3)11(5)12(14)7-2/h10-11H,6-9H2,1-5H3. The second-order valence-electron chi connectivity index (χ2n) is 4.10. The van der Waals surface area contributed by atoms with E-state index >= 15 is 0 Å². The maximum Gasteiger partial charge on any atom is 0.149 e. The SMILES string of the molecule is CCC(=O)C(C)N(CC)CC(C)CC. The summed E-state index contributed by atoms with van der Waals surface area (Å²) in [5.41, 5.74) is 0. The van der Waals surface area contributed by atoms with Gasteiger partial charge in [0.05, 0.1) is 6.04 Å². The van der Waals surface area contributed by atoms with Crippen molar-refractivity contribution in [2.75, 3.05) is 13.1 Å². The van der Waals surface area contributed by atoms with Crippen LogP contribution in [-0.2, 0) is 4.79 Å². The molecule has 0 saturated carbocycles. The third kappa shape index (κ3) is 4.23. The summed E-state index contributed by atoms with van der Waals surface area (Å²) < 4.78 is 0. The van der Waals surface area contributed by atoms with Crippen molar-refractivity contribution in [1.82, 2.24) is 4.90 Å². The predicted molar refractivity (Wildman–Crippen MR) is 61.5 cm³/mol. The van der Waals surface area contributed by atoms with Crippen molar-refractivity contribution >= 4 is 5.78 Å². The number of carbonyl (C=O) groups excluding carboxylic acids is 1. The Balaban J connectivity index is 4.18. The number of hydrogen-bond donors (Lipinski definition) is 0. The van der Waals surface area contributed by atoms with Crippen LogP contribution in [0.2, 0.25) is 0 Å². The molecule has 0 aromatic carbocycles. The molecule has 0 amide bonds. The van der Waals surface area contributed by atoms with E-state index in [9.17, 15) is 4.79 Å². The summed E-state index contributed by atoms with van der Waals surface area (Å²) in [5, 5.41) is 0. The molecular formula is C12H25NO. The lowest BCUT2D eigenvalue weighted by Crippen LogP contribution is -2.41. The second kappa shape index (κ2) is 6.99. The molecule has 0 radical (unpaired) electrons. The van der Waals surface area contributed by atoms with Gasteiger partial charge in [0.25, 0.3) is 0 Å². The van der Waals surface area contributed by atoms with Crippen LogP contribution in [0.4, 0.5) is 0 Å². The second-order valence-corrected chi connectivity index (χ2v) is 4.10. The third-order valence-electron chi connectivity index (χ3n) is 3.01. The van der Waals surface area contributed by atoms with E-state index in [-0.39, 0.29) is 6.04 Å². The van der Waals surface area contributed by atoms with Crippen molar-refractivity contribution < 1.29 is 4.79 Å². The fourth-order valence-electron chi connectivity index (χ4n) is 1.59. The topological polar surface area (TPSA) is 20.3 Å². The third-order valence-corrected chi connectivity index (χ3v) is 3.01. The lowest BCUT2D eigenvalue weighted by atomic mass is 10.1. The number of carbonyl (C=O) groups is 1. The fourth-order valence-corrected chi connectivity index (χ4v) is 1.59. The molecule has 0 heterocycles. The highest BCUT2D eigenvalue weighted by Gasteiger charge is 2.19. The minimum atomic E-state index is 0.0963. The lowest BCUT2D eigenvalue weighted by Gasteiger charge is -2.28. The first-order chi connectivity index (χ1) is 6.56. The zero-order valence-corrected chi connectivity index (χ0v) is 10.3. The van der Waals surface area contributed by atoms with E-state index in [1.807, 2.05) is 13.8 Å². The molecule has 2 heteroatoms. The number of rotatable bonds is 7. The van der Waals surface area contributed by atoms with Gasteiger partial charge in [-0.2, -0.15) is 0 Å². The van der Waals surface area contributed by atoms with Crippen molar-refractivity contribution in [2.45, 2.75) is 53.5 Å². The molecule has 2 atom stereocenters. The molecule has 0 aromatic heterocycles. The van der Waals surface area contributed by atoms with Crippen molar-refractivity contribution in [2.24, 2.45) is 5.92 Å². The van der Waals surface area contributed by atoms with Gasteiger partial charge >= 0.3 is 0 Å². The van der Waals surface area contributed by atoms with Gasteiger partial charge in [-0.3, -0.25) is 9.69 Å². The summed E-state index contributed by atoms with van der Waals surface area (Å²) in [6.45, 7) is 12.5. The number of ketones is 1. The summed E-state index contributed by atoms with van der Waals surface area (Å²) in [7, 11) is 0. The minimum Gasteiger partial charge on any atom is -0.298 e. The summed E-state index contributed by atoms with van der Waals surface area (Å²) >= 11 is 0. The number of Topliss-reactive ketones (excluding diaryl/α,β-unsaturated/α-hetero) is 1. The van der Waals surface area contributed by atoms with Crippen molar-refractivity contribution in [3.8, 4) is 0 Å². The monoisotopic (exact) mass is 199 g/mol. The quantitative estimate of drug-likeness (QED) is 0.628. The van der Waals surface area contributed by atoms with Crippen LogP contribution in [0.1, 0.15) is 47.5 Å². The number of hydrogen-bond acceptors (Lipinski definition) is 2. The molecule has 14 heavy (non-hydrogen) atoms. The van der Waals surface area contributed by atoms with Gasteiger partial charge in [-0.15, -0.1) is 0 Å². The van der Waals surface area contributed by atoms with Gasteiger partial charge in [-0.1, -0.05) is 34.1 Å². The molecule has 0 aliphatic heterocycles. The molecule has 0 aromatic rings. The van der Waals surface area contributed by atoms with Crippen LogP contribution in [0, 0.1) is 5.92 Å². The van der Waals surface area contributed by atoms with Crippen LogP contribution in [0.15, 0.2) is 0 Å². The van der Waals surface area contributed by atoms with Gasteiger partial charge in [0.2, 0.25) is 0 Å². The van der Waals surface area contributed by atoms with Gasteiger partial charge in [0.15, 0.2) is 0 Å². The summed E-state index contributed by atoms with van der Waals surface area (Å²) in [6.07, 6.45) is 1.84. The molecule has 0 spiro atoms. The average Bonchev–Trinajstić information content (AvgIpc) is 2.23. The maximum atomic E-state index is 11.5. The molecule has 2 nitrogen and oxygen atoms in total. The molecule has 0 aliphatic carbocycles.